The van der Waals surface area contributed by atoms with Crippen molar-refractivity contribution in [3.63, 3.8) is 0 Å². The van der Waals surface area contributed by atoms with Crippen molar-refractivity contribution in [3.05, 3.63) is 36.0 Å². The average Bonchev–Trinajstić information content (AvgIpc) is 3.17. The summed E-state index contributed by atoms with van der Waals surface area (Å²) in [6.45, 7) is 5.74. The molecule has 0 saturated carbocycles. The van der Waals surface area contributed by atoms with Crippen LogP contribution >= 0.6 is 0 Å². The molecule has 2 aromatic rings. The highest BCUT2D eigenvalue weighted by molar-refractivity contribution is 6.00. The van der Waals surface area contributed by atoms with E-state index in [1.54, 1.807) is 42.3 Å². The van der Waals surface area contributed by atoms with E-state index in [4.69, 9.17) is 9.47 Å². The fourth-order valence-electron chi connectivity index (χ4n) is 4.21. The highest BCUT2D eigenvalue weighted by Crippen LogP contribution is 2.40. The second-order valence-electron chi connectivity index (χ2n) is 8.33. The van der Waals surface area contributed by atoms with Crippen molar-refractivity contribution < 1.29 is 19.1 Å². The number of methoxy groups -OCH3 is 1. The summed E-state index contributed by atoms with van der Waals surface area (Å²) in [4.78, 5) is 27.3. The van der Waals surface area contributed by atoms with Gasteiger partial charge >= 0.3 is 0 Å². The summed E-state index contributed by atoms with van der Waals surface area (Å²) >= 11 is 0. The number of Topliss-reactive ketones (excluding diaryl/α,β-unsaturated/α-hetero) is 1. The van der Waals surface area contributed by atoms with Crippen LogP contribution in [0.5, 0.6) is 11.5 Å². The van der Waals surface area contributed by atoms with E-state index in [0.717, 1.165) is 0 Å². The smallest absolute Gasteiger partial charge is 0.239 e. The van der Waals surface area contributed by atoms with Gasteiger partial charge in [-0.05, 0) is 26.0 Å². The van der Waals surface area contributed by atoms with E-state index < -0.39 is 5.60 Å². The number of aromatic nitrogens is 2. The minimum absolute atomic E-state index is 0.0657. The second kappa shape index (κ2) is 8.10. The van der Waals surface area contributed by atoms with Gasteiger partial charge in [-0.1, -0.05) is 0 Å². The molecule has 1 fully saturated rings. The number of piperidine rings is 1. The Morgan fingerprint density at radius 3 is 2.77 bits per heavy atom. The van der Waals surface area contributed by atoms with Crippen LogP contribution in [0.25, 0.3) is 0 Å². The first-order valence-electron chi connectivity index (χ1n) is 10.4. The third-order valence-electron chi connectivity index (χ3n) is 5.86. The van der Waals surface area contributed by atoms with E-state index in [0.29, 0.717) is 61.8 Å². The third-order valence-corrected chi connectivity index (χ3v) is 5.86. The first kappa shape index (κ1) is 20.4. The quantitative estimate of drug-likeness (QED) is 0.813. The number of hydrogen-bond acceptors (Lipinski definition) is 6. The van der Waals surface area contributed by atoms with Gasteiger partial charge in [0.2, 0.25) is 5.91 Å². The predicted molar refractivity (Wildman–Crippen MR) is 112 cm³/mol. The number of nitrogens with one attached hydrogen (secondary N) is 1. The van der Waals surface area contributed by atoms with Crippen molar-refractivity contribution in [2.75, 3.05) is 32.1 Å². The molecule has 2 aliphatic heterocycles. The summed E-state index contributed by atoms with van der Waals surface area (Å²) in [5, 5.41) is 7.18. The molecule has 0 aliphatic carbocycles. The molecule has 1 N–H and O–H groups in total. The summed E-state index contributed by atoms with van der Waals surface area (Å²) in [5.74, 6) is 2.01. The standard InChI is InChI=1S/C22H28N4O4/c1-15(2)26-20(6-9-23-26)24-21(28)14-25-10-7-22(8-11-25)13-18(27)17-5-4-16(29-3)12-19(17)30-22/h4-6,9,12,15H,7-8,10-11,13-14H2,1-3H3,(H,24,28). The number of likely N-dealkylation sites (tertiary alicyclic amines) is 1. The summed E-state index contributed by atoms with van der Waals surface area (Å²) in [6, 6.07) is 7.31. The van der Waals surface area contributed by atoms with Crippen molar-refractivity contribution in [2.24, 2.45) is 0 Å². The first-order chi connectivity index (χ1) is 14.4. The maximum Gasteiger partial charge on any atom is 0.239 e. The number of carbonyl (C=O) groups excluding carboxylic acids is 2. The van der Waals surface area contributed by atoms with Gasteiger partial charge in [0.15, 0.2) is 5.78 Å². The monoisotopic (exact) mass is 412 g/mol. The summed E-state index contributed by atoms with van der Waals surface area (Å²) in [5.41, 5.74) is 0.115. The fourth-order valence-corrected chi connectivity index (χ4v) is 4.21. The summed E-state index contributed by atoms with van der Waals surface area (Å²) in [6.07, 6.45) is 3.46. The van der Waals surface area contributed by atoms with Crippen molar-refractivity contribution in [1.29, 1.82) is 0 Å². The Morgan fingerprint density at radius 1 is 1.30 bits per heavy atom. The molecular formula is C22H28N4O4. The highest BCUT2D eigenvalue weighted by Gasteiger charge is 2.43. The highest BCUT2D eigenvalue weighted by atomic mass is 16.5. The number of carbonyl (C=O) groups is 2. The fraction of sp³-hybridized carbons (Fsp3) is 0.500. The lowest BCUT2D eigenvalue weighted by atomic mass is 9.82. The molecule has 0 bridgehead atoms. The number of hydrogen-bond donors (Lipinski definition) is 1. The van der Waals surface area contributed by atoms with Gasteiger partial charge in [-0.3, -0.25) is 14.5 Å². The normalized spacial score (nSPS) is 18.2. The van der Waals surface area contributed by atoms with E-state index in [9.17, 15) is 9.59 Å². The number of ether oxygens (including phenoxy) is 2. The number of nitrogens with zero attached hydrogens (tertiary/aromatic N) is 3. The number of fused-ring (bicyclic) bond motifs is 1. The molecule has 1 amide bonds. The van der Waals surface area contributed by atoms with Gasteiger partial charge < -0.3 is 14.8 Å². The lowest BCUT2D eigenvalue weighted by Crippen LogP contribution is -2.52. The van der Waals surface area contributed by atoms with Crippen LogP contribution in [0.2, 0.25) is 0 Å². The predicted octanol–water partition coefficient (Wildman–Crippen LogP) is 2.91. The van der Waals surface area contributed by atoms with Crippen LogP contribution in [-0.2, 0) is 4.79 Å². The Balaban J connectivity index is 1.36. The van der Waals surface area contributed by atoms with Gasteiger partial charge in [-0.25, -0.2) is 4.68 Å². The number of ketones is 1. The van der Waals surface area contributed by atoms with Crippen LogP contribution < -0.4 is 14.8 Å². The molecule has 1 saturated heterocycles. The van der Waals surface area contributed by atoms with Gasteiger partial charge in [-0.2, -0.15) is 5.10 Å². The van der Waals surface area contributed by atoms with Crippen LogP contribution in [0, 0.1) is 0 Å². The zero-order valence-corrected chi connectivity index (χ0v) is 17.7. The van der Waals surface area contributed by atoms with E-state index >= 15 is 0 Å². The number of benzene rings is 1. The molecule has 0 radical (unpaired) electrons. The van der Waals surface area contributed by atoms with Crippen LogP contribution in [0.15, 0.2) is 30.5 Å². The van der Waals surface area contributed by atoms with Crippen molar-refractivity contribution >= 4 is 17.5 Å². The average molecular weight is 412 g/mol. The molecule has 2 aliphatic rings. The Kier molecular flexibility index (Phi) is 5.51. The molecule has 4 rings (SSSR count). The Hall–Kier alpha value is -2.87. The molecule has 1 spiro atoms. The van der Waals surface area contributed by atoms with Gasteiger partial charge in [0, 0.05) is 44.1 Å². The molecule has 0 atom stereocenters. The lowest BCUT2D eigenvalue weighted by molar-refractivity contribution is -0.118. The van der Waals surface area contributed by atoms with Crippen LogP contribution in [-0.4, -0.2) is 58.7 Å². The second-order valence-corrected chi connectivity index (χ2v) is 8.33. The van der Waals surface area contributed by atoms with Crippen LogP contribution in [0.4, 0.5) is 5.82 Å². The van der Waals surface area contributed by atoms with Crippen LogP contribution in [0.3, 0.4) is 0 Å². The van der Waals surface area contributed by atoms with Crippen LogP contribution in [0.1, 0.15) is 49.5 Å². The number of anilines is 1. The van der Waals surface area contributed by atoms with Gasteiger partial charge in [0.25, 0.3) is 0 Å². The van der Waals surface area contributed by atoms with Crippen molar-refractivity contribution in [1.82, 2.24) is 14.7 Å². The van der Waals surface area contributed by atoms with Gasteiger partial charge in [0.1, 0.15) is 22.9 Å². The summed E-state index contributed by atoms with van der Waals surface area (Å²) in [7, 11) is 1.60. The molecule has 3 heterocycles. The maximum absolute atomic E-state index is 12.7. The largest absolute Gasteiger partial charge is 0.497 e. The van der Waals surface area contributed by atoms with E-state index in [-0.39, 0.29) is 17.7 Å². The van der Waals surface area contributed by atoms with Crippen molar-refractivity contribution in [2.45, 2.75) is 44.8 Å². The molecule has 0 unspecified atom stereocenters. The SMILES string of the molecule is COc1ccc2c(c1)OC1(CCN(CC(=O)Nc3ccnn3C(C)C)CC1)CC2=O. The molecule has 1 aromatic heterocycles. The third kappa shape index (κ3) is 4.05. The molecular weight excluding hydrogens is 384 g/mol. The zero-order valence-electron chi connectivity index (χ0n) is 17.7. The Bertz CT molecular complexity index is 944. The van der Waals surface area contributed by atoms with Crippen molar-refractivity contribution in [3.8, 4) is 11.5 Å². The van der Waals surface area contributed by atoms with Gasteiger partial charge in [0.05, 0.1) is 31.8 Å². The molecule has 30 heavy (non-hydrogen) atoms. The zero-order chi connectivity index (χ0) is 21.3. The van der Waals surface area contributed by atoms with E-state index in [1.165, 1.54) is 0 Å². The number of amides is 1. The molecule has 1 aromatic carbocycles. The molecule has 160 valence electrons. The molecule has 8 heteroatoms. The summed E-state index contributed by atoms with van der Waals surface area (Å²) < 4.78 is 13.4. The topological polar surface area (TPSA) is 85.7 Å². The molecule has 8 nitrogen and oxygen atoms in total. The Morgan fingerprint density at radius 2 is 2.07 bits per heavy atom. The maximum atomic E-state index is 12.7. The van der Waals surface area contributed by atoms with Gasteiger partial charge in [-0.15, -0.1) is 0 Å². The minimum Gasteiger partial charge on any atom is -0.497 e. The minimum atomic E-state index is -0.500. The first-order valence-corrected chi connectivity index (χ1v) is 10.4. The van der Waals surface area contributed by atoms with E-state index in [1.807, 2.05) is 13.8 Å². The number of rotatable bonds is 5. The lowest BCUT2D eigenvalue weighted by Gasteiger charge is -2.43. The van der Waals surface area contributed by atoms with E-state index in [2.05, 4.69) is 15.3 Å². The Labute approximate surface area is 176 Å².